The van der Waals surface area contributed by atoms with Crippen molar-refractivity contribution in [3.8, 4) is 0 Å². The molecule has 0 spiro atoms. The summed E-state index contributed by atoms with van der Waals surface area (Å²) in [7, 11) is 0. The van der Waals surface area contributed by atoms with Crippen LogP contribution in [0.3, 0.4) is 0 Å². The van der Waals surface area contributed by atoms with Crippen LogP contribution in [0.1, 0.15) is 19.8 Å². The van der Waals surface area contributed by atoms with Gasteiger partial charge >= 0.3 is 0 Å². The third-order valence-corrected chi connectivity index (χ3v) is 2.28. The van der Waals surface area contributed by atoms with E-state index in [0.717, 1.165) is 19.5 Å². The van der Waals surface area contributed by atoms with E-state index in [2.05, 4.69) is 5.32 Å². The van der Waals surface area contributed by atoms with Crippen LogP contribution >= 0.6 is 0 Å². The van der Waals surface area contributed by atoms with Crippen LogP contribution in [0.5, 0.6) is 0 Å². The number of carbonyl (C=O) groups excluding carboxylic acids is 1. The van der Waals surface area contributed by atoms with Crippen molar-refractivity contribution in [2.75, 3.05) is 26.2 Å². The molecule has 0 unspecified atom stereocenters. The van der Waals surface area contributed by atoms with Gasteiger partial charge in [0.05, 0.1) is 6.10 Å². The van der Waals surface area contributed by atoms with Crippen molar-refractivity contribution in [3.05, 3.63) is 0 Å². The lowest BCUT2D eigenvalue weighted by Gasteiger charge is -2.15. The molecule has 4 heteroatoms. The summed E-state index contributed by atoms with van der Waals surface area (Å²) in [5, 5.41) is 12.3. The van der Waals surface area contributed by atoms with Crippen LogP contribution in [0.2, 0.25) is 0 Å². The molecule has 0 aromatic rings. The van der Waals surface area contributed by atoms with E-state index in [0.29, 0.717) is 19.5 Å². The van der Waals surface area contributed by atoms with Crippen LogP contribution in [0, 0.1) is 0 Å². The van der Waals surface area contributed by atoms with Gasteiger partial charge in [0.2, 0.25) is 5.91 Å². The Hall–Kier alpha value is -0.610. The maximum Gasteiger partial charge on any atom is 0.223 e. The Labute approximate surface area is 78.9 Å². The Morgan fingerprint density at radius 3 is 3.00 bits per heavy atom. The molecule has 1 atom stereocenters. The number of hydrogen-bond acceptors (Lipinski definition) is 3. The number of nitrogens with one attached hydrogen (secondary N) is 1. The van der Waals surface area contributed by atoms with E-state index in [4.69, 9.17) is 0 Å². The van der Waals surface area contributed by atoms with Gasteiger partial charge in [-0.05, 0) is 13.0 Å². The summed E-state index contributed by atoms with van der Waals surface area (Å²) in [5.74, 6) is 0.150. The van der Waals surface area contributed by atoms with Gasteiger partial charge < -0.3 is 15.3 Å². The Kier molecular flexibility index (Phi) is 4.18. The molecule has 0 aliphatic carbocycles. The van der Waals surface area contributed by atoms with Crippen LogP contribution < -0.4 is 5.32 Å². The number of carbonyl (C=O) groups is 1. The molecular weight excluding hydrogens is 168 g/mol. The van der Waals surface area contributed by atoms with Gasteiger partial charge in [0.1, 0.15) is 0 Å². The summed E-state index contributed by atoms with van der Waals surface area (Å²) < 4.78 is 0. The first-order valence-corrected chi connectivity index (χ1v) is 4.90. The van der Waals surface area contributed by atoms with Gasteiger partial charge in [0.25, 0.3) is 0 Å². The van der Waals surface area contributed by atoms with Crippen molar-refractivity contribution in [2.45, 2.75) is 25.9 Å². The van der Waals surface area contributed by atoms with Crippen molar-refractivity contribution in [3.63, 3.8) is 0 Å². The summed E-state index contributed by atoms with van der Waals surface area (Å²) in [6.45, 7) is 4.89. The molecule has 1 aliphatic rings. The van der Waals surface area contributed by atoms with E-state index < -0.39 is 0 Å². The van der Waals surface area contributed by atoms with E-state index in [1.165, 1.54) is 0 Å². The fourth-order valence-electron chi connectivity index (χ4n) is 1.50. The maximum atomic E-state index is 11.4. The Morgan fingerprint density at radius 1 is 1.69 bits per heavy atom. The Balaban J connectivity index is 2.16. The van der Waals surface area contributed by atoms with E-state index in [-0.39, 0.29) is 12.0 Å². The van der Waals surface area contributed by atoms with Gasteiger partial charge in [-0.15, -0.1) is 0 Å². The van der Waals surface area contributed by atoms with Gasteiger partial charge in [0.15, 0.2) is 0 Å². The number of β-amino-alcohol motifs (C(OH)–C–C–N with tert-alkyl or cyclic N) is 1. The first-order valence-electron chi connectivity index (χ1n) is 4.90. The first-order chi connectivity index (χ1) is 6.24. The van der Waals surface area contributed by atoms with Crippen LogP contribution in [-0.4, -0.2) is 48.2 Å². The van der Waals surface area contributed by atoms with E-state index in [1.807, 2.05) is 6.92 Å². The molecule has 1 rings (SSSR count). The average Bonchev–Trinajstić information content (AvgIpc) is 2.52. The number of aliphatic hydroxyl groups is 1. The number of aliphatic hydroxyl groups excluding tert-OH is 1. The molecule has 0 aromatic heterocycles. The predicted molar refractivity (Wildman–Crippen MR) is 50.4 cm³/mol. The SMILES string of the molecule is CCNCCC(=O)N1CC[C@H](O)C1. The first kappa shape index (κ1) is 10.5. The van der Waals surface area contributed by atoms with Gasteiger partial charge in [-0.1, -0.05) is 6.92 Å². The van der Waals surface area contributed by atoms with Gasteiger partial charge in [-0.3, -0.25) is 4.79 Å². The molecule has 1 fully saturated rings. The fourth-order valence-corrected chi connectivity index (χ4v) is 1.50. The lowest BCUT2D eigenvalue weighted by Crippen LogP contribution is -2.32. The molecule has 13 heavy (non-hydrogen) atoms. The topological polar surface area (TPSA) is 52.6 Å². The second-order valence-corrected chi connectivity index (χ2v) is 3.39. The molecule has 0 radical (unpaired) electrons. The molecule has 4 nitrogen and oxygen atoms in total. The van der Waals surface area contributed by atoms with Gasteiger partial charge in [-0.25, -0.2) is 0 Å². The molecular formula is C9H18N2O2. The zero-order chi connectivity index (χ0) is 9.68. The Bertz CT molecular complexity index is 173. The van der Waals surface area contributed by atoms with Crippen molar-refractivity contribution in [1.82, 2.24) is 10.2 Å². The highest BCUT2D eigenvalue weighted by molar-refractivity contribution is 5.76. The van der Waals surface area contributed by atoms with Crippen molar-refractivity contribution in [2.24, 2.45) is 0 Å². The number of rotatable bonds is 4. The number of nitrogens with zero attached hydrogens (tertiary/aromatic N) is 1. The highest BCUT2D eigenvalue weighted by Gasteiger charge is 2.23. The highest BCUT2D eigenvalue weighted by Crippen LogP contribution is 2.09. The third kappa shape index (κ3) is 3.32. The molecule has 0 aromatic carbocycles. The molecule has 0 bridgehead atoms. The molecule has 1 amide bonds. The zero-order valence-corrected chi connectivity index (χ0v) is 8.12. The quantitative estimate of drug-likeness (QED) is 0.586. The largest absolute Gasteiger partial charge is 0.391 e. The number of hydrogen-bond donors (Lipinski definition) is 2. The number of amides is 1. The van der Waals surface area contributed by atoms with Crippen LogP contribution in [0.25, 0.3) is 0 Å². The molecule has 1 heterocycles. The molecule has 0 saturated carbocycles. The summed E-state index contributed by atoms with van der Waals surface area (Å²) in [4.78, 5) is 13.2. The summed E-state index contributed by atoms with van der Waals surface area (Å²) >= 11 is 0. The minimum Gasteiger partial charge on any atom is -0.391 e. The lowest BCUT2D eigenvalue weighted by molar-refractivity contribution is -0.130. The third-order valence-electron chi connectivity index (χ3n) is 2.28. The van der Waals surface area contributed by atoms with Crippen LogP contribution in [-0.2, 0) is 4.79 Å². The second-order valence-electron chi connectivity index (χ2n) is 3.39. The zero-order valence-electron chi connectivity index (χ0n) is 8.12. The lowest BCUT2D eigenvalue weighted by atomic mass is 10.3. The van der Waals surface area contributed by atoms with Crippen molar-refractivity contribution in [1.29, 1.82) is 0 Å². The predicted octanol–water partition coefficient (Wildman–Crippen LogP) is -0.421. The molecule has 1 aliphatic heterocycles. The van der Waals surface area contributed by atoms with Crippen LogP contribution in [0.15, 0.2) is 0 Å². The maximum absolute atomic E-state index is 11.4. The fraction of sp³-hybridized carbons (Fsp3) is 0.889. The Morgan fingerprint density at radius 2 is 2.46 bits per heavy atom. The minimum atomic E-state index is -0.303. The monoisotopic (exact) mass is 186 g/mol. The average molecular weight is 186 g/mol. The summed E-state index contributed by atoms with van der Waals surface area (Å²) in [5.41, 5.74) is 0. The van der Waals surface area contributed by atoms with Gasteiger partial charge in [-0.2, -0.15) is 0 Å². The molecule has 2 N–H and O–H groups in total. The second kappa shape index (κ2) is 5.19. The van der Waals surface area contributed by atoms with Gasteiger partial charge in [0, 0.05) is 26.1 Å². The van der Waals surface area contributed by atoms with Crippen molar-refractivity contribution < 1.29 is 9.90 Å². The molecule has 76 valence electrons. The number of likely N-dealkylation sites (tertiary alicyclic amines) is 1. The smallest absolute Gasteiger partial charge is 0.223 e. The highest BCUT2D eigenvalue weighted by atomic mass is 16.3. The molecule has 1 saturated heterocycles. The van der Waals surface area contributed by atoms with Crippen LogP contribution in [0.4, 0.5) is 0 Å². The normalized spacial score (nSPS) is 22.3. The standard InChI is InChI=1S/C9H18N2O2/c1-2-10-5-3-9(13)11-6-4-8(12)7-11/h8,10,12H,2-7H2,1H3/t8-/m0/s1. The summed E-state index contributed by atoms with van der Waals surface area (Å²) in [6.07, 6.45) is 0.969. The van der Waals surface area contributed by atoms with Crippen molar-refractivity contribution >= 4 is 5.91 Å². The van der Waals surface area contributed by atoms with E-state index in [9.17, 15) is 9.90 Å². The van der Waals surface area contributed by atoms with E-state index >= 15 is 0 Å². The minimum absolute atomic E-state index is 0.150. The van der Waals surface area contributed by atoms with E-state index in [1.54, 1.807) is 4.90 Å². The summed E-state index contributed by atoms with van der Waals surface area (Å²) in [6, 6.07) is 0.